The molecule has 1 N–H and O–H groups in total. The number of alkyl halides is 2. The zero-order chi connectivity index (χ0) is 18.7. The van der Waals surface area contributed by atoms with Crippen LogP contribution in [0.4, 0.5) is 8.78 Å². The Kier molecular flexibility index (Phi) is 5.75. The molecule has 2 amide bonds. The number of imidazole rings is 1. The van der Waals surface area contributed by atoms with E-state index in [1.165, 1.54) is 6.92 Å². The van der Waals surface area contributed by atoms with E-state index in [2.05, 4.69) is 10.3 Å². The first-order valence-corrected chi connectivity index (χ1v) is 9.37. The maximum Gasteiger partial charge on any atom is 0.321 e. The predicted molar refractivity (Wildman–Crippen MR) is 95.1 cm³/mol. The molecule has 0 aliphatic carbocycles. The summed E-state index contributed by atoms with van der Waals surface area (Å²) in [6, 6.07) is 6.67. The van der Waals surface area contributed by atoms with Crippen molar-refractivity contribution in [3.8, 4) is 0 Å². The van der Waals surface area contributed by atoms with Crippen molar-refractivity contribution in [1.82, 2.24) is 19.8 Å². The van der Waals surface area contributed by atoms with Gasteiger partial charge in [-0.15, -0.1) is 0 Å². The number of halogens is 2. The number of carbonyl (C=O) groups excluding carboxylic acids is 2. The second-order valence-corrected chi connectivity index (χ2v) is 7.11. The molecule has 2 aromatic rings. The van der Waals surface area contributed by atoms with Crippen LogP contribution in [0.1, 0.15) is 26.3 Å². The number of aromatic nitrogens is 2. The van der Waals surface area contributed by atoms with Crippen molar-refractivity contribution in [1.29, 1.82) is 0 Å². The normalized spacial score (nSPS) is 15.6. The number of amides is 2. The van der Waals surface area contributed by atoms with Crippen LogP contribution in [0.5, 0.6) is 0 Å². The molecule has 9 heteroatoms. The maximum atomic E-state index is 13.4. The van der Waals surface area contributed by atoms with E-state index in [4.69, 9.17) is 0 Å². The lowest BCUT2D eigenvalue weighted by atomic mass is 10.1. The molecule has 0 bridgehead atoms. The van der Waals surface area contributed by atoms with Crippen molar-refractivity contribution in [2.75, 3.05) is 18.8 Å². The number of nitrogens with one attached hydrogen (secondary N) is 1. The first kappa shape index (κ1) is 18.6. The minimum atomic E-state index is -2.72. The highest BCUT2D eigenvalue weighted by atomic mass is 32.2. The van der Waals surface area contributed by atoms with Gasteiger partial charge in [-0.05, 0) is 25.0 Å². The van der Waals surface area contributed by atoms with Crippen molar-refractivity contribution < 1.29 is 18.4 Å². The van der Waals surface area contributed by atoms with Crippen LogP contribution in [0.2, 0.25) is 0 Å². The molecule has 1 aliphatic heterocycles. The van der Waals surface area contributed by atoms with Crippen LogP contribution in [0.25, 0.3) is 11.0 Å². The minimum Gasteiger partial charge on any atom is -0.353 e. The molecular formula is C17H20F2N4O2S. The van der Waals surface area contributed by atoms with Gasteiger partial charge in [-0.1, -0.05) is 23.9 Å². The molecule has 1 aromatic carbocycles. The third-order valence-corrected chi connectivity index (χ3v) is 5.35. The van der Waals surface area contributed by atoms with E-state index in [-0.39, 0.29) is 28.8 Å². The first-order chi connectivity index (χ1) is 12.5. The quantitative estimate of drug-likeness (QED) is 0.808. The van der Waals surface area contributed by atoms with Crippen molar-refractivity contribution in [3.05, 3.63) is 24.3 Å². The zero-order valence-corrected chi connectivity index (χ0v) is 15.1. The summed E-state index contributed by atoms with van der Waals surface area (Å²) in [5.41, 5.74) is 0.828. The van der Waals surface area contributed by atoms with E-state index in [0.717, 1.165) is 16.3 Å². The number of rotatable bonds is 5. The minimum absolute atomic E-state index is 0.00705. The summed E-state index contributed by atoms with van der Waals surface area (Å²) in [6.07, 6.45) is 1.40. The third-order valence-electron chi connectivity index (χ3n) is 4.40. The summed E-state index contributed by atoms with van der Waals surface area (Å²) >= 11 is 0.999. The van der Waals surface area contributed by atoms with Crippen LogP contribution in [-0.2, 0) is 9.59 Å². The van der Waals surface area contributed by atoms with E-state index in [1.807, 2.05) is 0 Å². The molecule has 1 aromatic heterocycles. The Morgan fingerprint density at radius 1 is 1.31 bits per heavy atom. The standard InChI is InChI=1S/C17H20F2N4O2S/c1-11(24)22-8-6-12(7-9-22)20-15(25)10-26-17-21-13-4-2-3-5-14(13)23(17)16(18)19/h2-5,12,16H,6-10H2,1H3,(H,20,25). The second kappa shape index (κ2) is 8.03. The average Bonchev–Trinajstić information content (AvgIpc) is 2.99. The third kappa shape index (κ3) is 4.14. The molecule has 140 valence electrons. The summed E-state index contributed by atoms with van der Waals surface area (Å²) in [4.78, 5) is 29.4. The van der Waals surface area contributed by atoms with E-state index < -0.39 is 6.55 Å². The van der Waals surface area contributed by atoms with Crippen molar-refractivity contribution in [2.45, 2.75) is 37.5 Å². The van der Waals surface area contributed by atoms with Gasteiger partial charge in [-0.2, -0.15) is 8.78 Å². The van der Waals surface area contributed by atoms with Crippen molar-refractivity contribution in [3.63, 3.8) is 0 Å². The fraction of sp³-hybridized carbons (Fsp3) is 0.471. The Morgan fingerprint density at radius 2 is 2.00 bits per heavy atom. The molecule has 3 rings (SSSR count). The van der Waals surface area contributed by atoms with Crippen LogP contribution in [0.15, 0.2) is 29.4 Å². The van der Waals surface area contributed by atoms with Gasteiger partial charge in [0.25, 0.3) is 0 Å². The van der Waals surface area contributed by atoms with Crippen LogP contribution in [0.3, 0.4) is 0 Å². The van der Waals surface area contributed by atoms with Gasteiger partial charge in [-0.25, -0.2) is 4.98 Å². The molecule has 2 heterocycles. The Bertz CT molecular complexity index is 803. The highest BCUT2D eigenvalue weighted by molar-refractivity contribution is 7.99. The average molecular weight is 382 g/mol. The molecule has 1 saturated heterocycles. The number of thioether (sulfide) groups is 1. The van der Waals surface area contributed by atoms with Gasteiger partial charge in [0.05, 0.1) is 16.8 Å². The molecule has 0 atom stereocenters. The number of nitrogens with zero attached hydrogens (tertiary/aromatic N) is 3. The highest BCUT2D eigenvalue weighted by Crippen LogP contribution is 2.29. The molecule has 0 unspecified atom stereocenters. The second-order valence-electron chi connectivity index (χ2n) is 6.17. The zero-order valence-electron chi connectivity index (χ0n) is 14.3. The van der Waals surface area contributed by atoms with Crippen LogP contribution >= 0.6 is 11.8 Å². The lowest BCUT2D eigenvalue weighted by molar-refractivity contribution is -0.130. The van der Waals surface area contributed by atoms with E-state index in [9.17, 15) is 18.4 Å². The maximum absolute atomic E-state index is 13.4. The number of hydrogen-bond donors (Lipinski definition) is 1. The fourth-order valence-corrected chi connectivity index (χ4v) is 3.87. The number of likely N-dealkylation sites (tertiary alicyclic amines) is 1. The molecule has 6 nitrogen and oxygen atoms in total. The monoisotopic (exact) mass is 382 g/mol. The molecule has 0 saturated carbocycles. The van der Waals surface area contributed by atoms with Gasteiger partial charge < -0.3 is 10.2 Å². The number of para-hydroxylation sites is 2. The number of hydrogen-bond acceptors (Lipinski definition) is 4. The topological polar surface area (TPSA) is 67.2 Å². The molecule has 26 heavy (non-hydrogen) atoms. The van der Waals surface area contributed by atoms with Gasteiger partial charge >= 0.3 is 6.55 Å². The number of fused-ring (bicyclic) bond motifs is 1. The molecule has 0 radical (unpaired) electrons. The summed E-state index contributed by atoms with van der Waals surface area (Å²) in [5.74, 6) is -0.163. The van der Waals surface area contributed by atoms with Gasteiger partial charge in [0.2, 0.25) is 11.8 Å². The van der Waals surface area contributed by atoms with Gasteiger partial charge in [0.1, 0.15) is 0 Å². The molecule has 1 fully saturated rings. The Hall–Kier alpha value is -2.16. The fourth-order valence-electron chi connectivity index (χ4n) is 3.05. The summed E-state index contributed by atoms with van der Waals surface area (Å²) < 4.78 is 27.6. The Labute approximate surface area is 153 Å². The molecule has 0 spiro atoms. The molecule has 1 aliphatic rings. The van der Waals surface area contributed by atoms with Crippen molar-refractivity contribution >= 4 is 34.6 Å². The highest BCUT2D eigenvalue weighted by Gasteiger charge is 2.23. The van der Waals surface area contributed by atoms with E-state index >= 15 is 0 Å². The number of piperidine rings is 1. The SMILES string of the molecule is CC(=O)N1CCC(NC(=O)CSc2nc3ccccc3n2C(F)F)CC1. The number of benzene rings is 1. The van der Waals surface area contributed by atoms with Gasteiger partial charge in [-0.3, -0.25) is 14.2 Å². The van der Waals surface area contributed by atoms with Crippen LogP contribution in [0, 0.1) is 0 Å². The first-order valence-electron chi connectivity index (χ1n) is 8.38. The summed E-state index contributed by atoms with van der Waals surface area (Å²) in [7, 11) is 0. The lowest BCUT2D eigenvalue weighted by Gasteiger charge is -2.31. The van der Waals surface area contributed by atoms with E-state index in [1.54, 1.807) is 29.2 Å². The van der Waals surface area contributed by atoms with Gasteiger partial charge in [0, 0.05) is 26.1 Å². The Morgan fingerprint density at radius 3 is 2.65 bits per heavy atom. The summed E-state index contributed by atoms with van der Waals surface area (Å²) in [5, 5.41) is 3.04. The Balaban J connectivity index is 1.58. The van der Waals surface area contributed by atoms with Crippen molar-refractivity contribution in [2.24, 2.45) is 0 Å². The van der Waals surface area contributed by atoms with Crippen LogP contribution in [-0.4, -0.2) is 51.1 Å². The summed E-state index contributed by atoms with van der Waals surface area (Å²) in [6.45, 7) is 0.0530. The predicted octanol–water partition coefficient (Wildman–Crippen LogP) is 2.65. The lowest BCUT2D eigenvalue weighted by Crippen LogP contribution is -2.46. The molecular weight excluding hydrogens is 362 g/mol. The number of carbonyl (C=O) groups is 2. The van der Waals surface area contributed by atoms with E-state index in [0.29, 0.717) is 37.0 Å². The smallest absolute Gasteiger partial charge is 0.321 e. The van der Waals surface area contributed by atoms with Crippen LogP contribution < -0.4 is 5.32 Å². The van der Waals surface area contributed by atoms with Gasteiger partial charge in [0.15, 0.2) is 5.16 Å². The largest absolute Gasteiger partial charge is 0.353 e.